The first-order valence-corrected chi connectivity index (χ1v) is 10.1. The fraction of sp³-hybridized carbons (Fsp3) is 0.333. The van der Waals surface area contributed by atoms with E-state index in [0.717, 1.165) is 5.69 Å². The summed E-state index contributed by atoms with van der Waals surface area (Å²) >= 11 is 0. The number of aromatic nitrogens is 3. The molecule has 0 bridgehead atoms. The monoisotopic (exact) mass is 421 g/mol. The van der Waals surface area contributed by atoms with Gasteiger partial charge >= 0.3 is 0 Å². The van der Waals surface area contributed by atoms with E-state index in [2.05, 4.69) is 25.2 Å². The summed E-state index contributed by atoms with van der Waals surface area (Å²) in [5.41, 5.74) is 1.74. The number of para-hydroxylation sites is 1. The largest absolute Gasteiger partial charge is 0.384 e. The molecule has 160 valence electrons. The summed E-state index contributed by atoms with van der Waals surface area (Å²) in [6.07, 6.45) is 3.76. The molecule has 1 amide bonds. The third-order valence-corrected chi connectivity index (χ3v) is 5.26. The Balaban J connectivity index is 1.36. The first-order valence-electron chi connectivity index (χ1n) is 10.1. The van der Waals surface area contributed by atoms with Gasteiger partial charge in [0.25, 0.3) is 5.69 Å². The van der Waals surface area contributed by atoms with Crippen LogP contribution in [0, 0.1) is 17.0 Å². The predicted molar refractivity (Wildman–Crippen MR) is 117 cm³/mol. The number of nitro benzene ring substituents is 1. The van der Waals surface area contributed by atoms with Gasteiger partial charge in [0.2, 0.25) is 11.9 Å². The molecular formula is C21H23N7O3. The molecule has 4 rings (SSSR count). The topological polar surface area (TPSA) is 117 Å². The quantitative estimate of drug-likeness (QED) is 0.476. The summed E-state index contributed by atoms with van der Waals surface area (Å²) in [6, 6.07) is 8.51. The fourth-order valence-electron chi connectivity index (χ4n) is 3.73. The molecule has 2 aromatic heterocycles. The van der Waals surface area contributed by atoms with Crippen molar-refractivity contribution in [2.24, 2.45) is 0 Å². The van der Waals surface area contributed by atoms with Gasteiger partial charge in [-0.05, 0) is 19.1 Å². The smallest absolute Gasteiger partial charge is 0.295 e. The lowest BCUT2D eigenvalue weighted by Gasteiger charge is -2.34. The van der Waals surface area contributed by atoms with Crippen LogP contribution in [-0.4, -0.2) is 63.4 Å². The molecule has 1 aromatic carbocycles. The maximum atomic E-state index is 12.6. The van der Waals surface area contributed by atoms with E-state index in [1.165, 1.54) is 6.07 Å². The van der Waals surface area contributed by atoms with Gasteiger partial charge < -0.3 is 15.1 Å². The Bertz CT molecular complexity index is 1100. The first-order chi connectivity index (χ1) is 15.0. The maximum Gasteiger partial charge on any atom is 0.295 e. The number of rotatable bonds is 6. The first kappa shape index (κ1) is 20.5. The van der Waals surface area contributed by atoms with Crippen molar-refractivity contribution in [2.45, 2.75) is 13.3 Å². The second kappa shape index (κ2) is 8.90. The maximum absolute atomic E-state index is 12.6. The molecular weight excluding hydrogens is 398 g/mol. The summed E-state index contributed by atoms with van der Waals surface area (Å²) in [5, 5.41) is 15.2. The highest BCUT2D eigenvalue weighted by atomic mass is 16.6. The minimum atomic E-state index is -0.428. The third-order valence-electron chi connectivity index (χ3n) is 5.26. The number of hydrogen-bond acceptors (Lipinski definition) is 8. The lowest BCUT2D eigenvalue weighted by Crippen LogP contribution is -2.49. The molecule has 0 spiro atoms. The number of non-ortho nitro benzene ring substituents is 1. The van der Waals surface area contributed by atoms with Crippen molar-refractivity contribution in [3.05, 3.63) is 58.5 Å². The van der Waals surface area contributed by atoms with Gasteiger partial charge in [0.05, 0.1) is 4.92 Å². The average Bonchev–Trinajstić information content (AvgIpc) is 2.79. The molecule has 0 unspecified atom stereocenters. The van der Waals surface area contributed by atoms with Crippen molar-refractivity contribution >= 4 is 34.1 Å². The Hall–Kier alpha value is -3.82. The summed E-state index contributed by atoms with van der Waals surface area (Å²) < 4.78 is 0. The molecule has 10 nitrogen and oxygen atoms in total. The van der Waals surface area contributed by atoms with Gasteiger partial charge in [0, 0.05) is 74.4 Å². The lowest BCUT2D eigenvalue weighted by molar-refractivity contribution is -0.383. The summed E-state index contributed by atoms with van der Waals surface area (Å²) in [6.45, 7) is 4.87. The van der Waals surface area contributed by atoms with E-state index in [0.29, 0.717) is 61.7 Å². The molecule has 0 saturated carbocycles. The Morgan fingerprint density at radius 3 is 2.61 bits per heavy atom. The van der Waals surface area contributed by atoms with E-state index in [9.17, 15) is 14.9 Å². The molecule has 3 heterocycles. The summed E-state index contributed by atoms with van der Waals surface area (Å²) in [7, 11) is 0. The van der Waals surface area contributed by atoms with Crippen molar-refractivity contribution in [3.63, 3.8) is 0 Å². The van der Waals surface area contributed by atoms with E-state index in [1.54, 1.807) is 37.5 Å². The van der Waals surface area contributed by atoms with Gasteiger partial charge in [-0.3, -0.25) is 14.9 Å². The van der Waals surface area contributed by atoms with Crippen LogP contribution in [0.25, 0.3) is 10.9 Å². The zero-order valence-electron chi connectivity index (χ0n) is 17.2. The van der Waals surface area contributed by atoms with Crippen molar-refractivity contribution in [3.8, 4) is 0 Å². The van der Waals surface area contributed by atoms with Crippen LogP contribution in [0.15, 0.2) is 42.7 Å². The number of hydrogen-bond donors (Lipinski definition) is 1. The van der Waals surface area contributed by atoms with Crippen molar-refractivity contribution in [2.75, 3.05) is 42.9 Å². The zero-order chi connectivity index (χ0) is 21.8. The number of nitrogens with zero attached hydrogens (tertiary/aromatic N) is 6. The molecule has 1 N–H and O–H groups in total. The van der Waals surface area contributed by atoms with Crippen LogP contribution < -0.4 is 10.2 Å². The molecule has 10 heteroatoms. The van der Waals surface area contributed by atoms with Gasteiger partial charge in [0.1, 0.15) is 0 Å². The SMILES string of the molecule is Cc1cc(NCCC(=O)N2CCN(c3ncccn3)CC2)c2cccc([N+](=O)[O-])c2n1. The molecule has 3 aromatic rings. The molecule has 31 heavy (non-hydrogen) atoms. The number of fused-ring (bicyclic) bond motifs is 1. The molecule has 1 aliphatic heterocycles. The highest BCUT2D eigenvalue weighted by Gasteiger charge is 2.22. The highest BCUT2D eigenvalue weighted by molar-refractivity contribution is 5.96. The number of carbonyl (C=O) groups excluding carboxylic acids is 1. The summed E-state index contributed by atoms with van der Waals surface area (Å²) in [4.78, 5) is 40.3. The van der Waals surface area contributed by atoms with Gasteiger partial charge in [-0.25, -0.2) is 15.0 Å². The second-order valence-electron chi connectivity index (χ2n) is 7.34. The van der Waals surface area contributed by atoms with Crippen LogP contribution in [0.1, 0.15) is 12.1 Å². The van der Waals surface area contributed by atoms with Crippen LogP contribution in [0.4, 0.5) is 17.3 Å². The van der Waals surface area contributed by atoms with Gasteiger partial charge in [0.15, 0.2) is 5.52 Å². The fourth-order valence-corrected chi connectivity index (χ4v) is 3.73. The van der Waals surface area contributed by atoms with E-state index in [1.807, 2.05) is 11.0 Å². The Morgan fingerprint density at radius 1 is 1.16 bits per heavy atom. The molecule has 1 aliphatic rings. The molecule has 0 atom stereocenters. The van der Waals surface area contributed by atoms with Gasteiger partial charge in [-0.1, -0.05) is 12.1 Å². The van der Waals surface area contributed by atoms with E-state index < -0.39 is 4.92 Å². The minimum Gasteiger partial charge on any atom is -0.384 e. The number of nitrogens with one attached hydrogen (secondary N) is 1. The molecule has 0 aliphatic carbocycles. The average molecular weight is 421 g/mol. The van der Waals surface area contributed by atoms with Crippen molar-refractivity contribution in [1.29, 1.82) is 0 Å². The van der Waals surface area contributed by atoms with Crippen LogP contribution in [0.2, 0.25) is 0 Å². The van der Waals surface area contributed by atoms with Crippen molar-refractivity contribution < 1.29 is 9.72 Å². The lowest BCUT2D eigenvalue weighted by atomic mass is 10.1. The van der Waals surface area contributed by atoms with E-state index >= 15 is 0 Å². The normalized spacial score (nSPS) is 14.0. The van der Waals surface area contributed by atoms with E-state index in [-0.39, 0.29) is 11.6 Å². The number of benzene rings is 1. The summed E-state index contributed by atoms with van der Waals surface area (Å²) in [5.74, 6) is 0.757. The Kier molecular flexibility index (Phi) is 5.87. The second-order valence-corrected chi connectivity index (χ2v) is 7.34. The number of anilines is 2. The number of nitro groups is 1. The number of carbonyl (C=O) groups is 1. The Morgan fingerprint density at radius 2 is 1.90 bits per heavy atom. The van der Waals surface area contributed by atoms with E-state index in [4.69, 9.17) is 0 Å². The van der Waals surface area contributed by atoms with Crippen molar-refractivity contribution in [1.82, 2.24) is 19.9 Å². The van der Waals surface area contributed by atoms with Crippen LogP contribution in [0.3, 0.4) is 0 Å². The van der Waals surface area contributed by atoms with Crippen LogP contribution in [-0.2, 0) is 4.79 Å². The van der Waals surface area contributed by atoms with Gasteiger partial charge in [-0.15, -0.1) is 0 Å². The molecule has 1 saturated heterocycles. The predicted octanol–water partition coefficient (Wildman–Crippen LogP) is 2.39. The van der Waals surface area contributed by atoms with Crippen LogP contribution >= 0.6 is 0 Å². The Labute approximate surface area is 179 Å². The molecule has 0 radical (unpaired) electrons. The minimum absolute atomic E-state index is 0.0272. The van der Waals surface area contributed by atoms with Crippen LogP contribution in [0.5, 0.6) is 0 Å². The standard InChI is InChI=1S/C21H23N7O3/c1-15-14-17(16-4-2-5-18(28(30)31)20(16)25-15)22-9-6-19(29)26-10-12-27(13-11-26)21-23-7-3-8-24-21/h2-5,7-8,14H,6,9-13H2,1H3,(H,22,25). The molecule has 1 fully saturated rings. The number of amides is 1. The number of aryl methyl sites for hydroxylation is 1. The van der Waals surface area contributed by atoms with Gasteiger partial charge in [-0.2, -0.15) is 0 Å². The highest BCUT2D eigenvalue weighted by Crippen LogP contribution is 2.29. The third kappa shape index (κ3) is 4.52. The zero-order valence-corrected chi connectivity index (χ0v) is 17.2. The number of piperazine rings is 1. The number of pyridine rings is 1.